The molecule has 0 N–H and O–H groups in total. The third-order valence-corrected chi connectivity index (χ3v) is 16.3. The van der Waals surface area contributed by atoms with Gasteiger partial charge in [-0.3, -0.25) is 0 Å². The van der Waals surface area contributed by atoms with Crippen LogP contribution in [-0.4, -0.2) is 0 Å². The van der Waals surface area contributed by atoms with E-state index >= 15 is 0 Å². The molecule has 0 fully saturated rings. The Kier molecular flexibility index (Phi) is 9.43. The SMILES string of the molecule is c1ccc(N(c2cccc(N(c3cccc(C4(c5ccccc5)c5ccccc5-c5ccccc54)c3)c3ccc4c(c3)C3(c5ccccc5-c5ccccc53)c3ccccc3-4)c2)c2ccc3ccccc3c2)cc1. The van der Waals surface area contributed by atoms with Crippen LogP contribution in [-0.2, 0) is 10.8 Å². The van der Waals surface area contributed by atoms with Gasteiger partial charge < -0.3 is 9.80 Å². The van der Waals surface area contributed by atoms with Gasteiger partial charge in [-0.25, -0.2) is 0 Å². The lowest BCUT2D eigenvalue weighted by molar-refractivity contribution is 0.768. The van der Waals surface area contributed by atoms with E-state index in [0.29, 0.717) is 0 Å². The van der Waals surface area contributed by atoms with E-state index in [4.69, 9.17) is 0 Å². The molecule has 0 saturated heterocycles. The number of rotatable bonds is 8. The van der Waals surface area contributed by atoms with Crippen LogP contribution >= 0.6 is 0 Å². The third kappa shape index (κ3) is 6.00. The first-order valence-electron chi connectivity index (χ1n) is 25.7. The monoisotopic (exact) mass is 940 g/mol. The maximum absolute atomic E-state index is 2.51. The molecule has 0 bridgehead atoms. The van der Waals surface area contributed by atoms with Crippen LogP contribution < -0.4 is 9.80 Å². The molecule has 3 aliphatic carbocycles. The largest absolute Gasteiger partial charge is 0.310 e. The topological polar surface area (TPSA) is 6.48 Å². The number of hydrogen-bond acceptors (Lipinski definition) is 2. The Morgan fingerprint density at radius 2 is 0.554 bits per heavy atom. The molecule has 3 aliphatic rings. The zero-order valence-electron chi connectivity index (χ0n) is 40.6. The first kappa shape index (κ1) is 42.2. The number of nitrogens with zero attached hydrogens (tertiary/aromatic N) is 2. The summed E-state index contributed by atoms with van der Waals surface area (Å²) in [6, 6.07) is 108. The summed E-state index contributed by atoms with van der Waals surface area (Å²) in [6.45, 7) is 0. The predicted octanol–water partition coefficient (Wildman–Crippen LogP) is 18.5. The molecule has 2 heteroatoms. The second-order valence-electron chi connectivity index (χ2n) is 19.9. The Hall–Kier alpha value is -9.50. The number of anilines is 6. The second-order valence-corrected chi connectivity index (χ2v) is 19.9. The van der Waals surface area contributed by atoms with Crippen molar-refractivity contribution in [3.05, 3.63) is 336 Å². The zero-order chi connectivity index (χ0) is 48.8. The van der Waals surface area contributed by atoms with Gasteiger partial charge in [0.05, 0.1) is 10.8 Å². The van der Waals surface area contributed by atoms with Gasteiger partial charge in [-0.05, 0) is 155 Å². The standard InChI is InChI=1S/C72H48N2/c1-3-23-51(24-4-1)71(65-36-14-9-31-59(65)60-32-10-15-37-66(60)71)52-25-19-28-54(46-52)74(56-30-20-29-55(47-56)73(53-26-5-2-6-27-53)57-42-41-49-21-7-8-22-50(49)45-57)58-43-44-64-63-35-13-18-40-69(63)72(70(64)48-58)67-38-16-11-33-61(67)62-34-12-17-39-68(62)72/h1-48H. The smallest absolute Gasteiger partial charge is 0.0726 e. The fourth-order valence-corrected chi connectivity index (χ4v) is 13.4. The van der Waals surface area contributed by atoms with Gasteiger partial charge in [-0.15, -0.1) is 0 Å². The maximum Gasteiger partial charge on any atom is 0.0726 e. The number of hydrogen-bond donors (Lipinski definition) is 0. The van der Waals surface area contributed by atoms with Crippen molar-refractivity contribution < 1.29 is 0 Å². The average Bonchev–Trinajstić information content (AvgIpc) is 4.09. The number of benzene rings is 12. The molecule has 2 nitrogen and oxygen atoms in total. The molecular formula is C72H48N2. The first-order chi connectivity index (χ1) is 36.7. The Morgan fingerprint density at radius 3 is 1.12 bits per heavy atom. The van der Waals surface area contributed by atoms with Gasteiger partial charge >= 0.3 is 0 Å². The van der Waals surface area contributed by atoms with Gasteiger partial charge in [0.25, 0.3) is 0 Å². The highest BCUT2D eigenvalue weighted by Crippen LogP contribution is 2.64. The Labute approximate surface area is 432 Å². The molecule has 12 aromatic rings. The minimum atomic E-state index is -0.570. The van der Waals surface area contributed by atoms with E-state index in [1.165, 1.54) is 88.7 Å². The lowest BCUT2D eigenvalue weighted by Crippen LogP contribution is -2.29. The van der Waals surface area contributed by atoms with Crippen LogP contribution in [0.3, 0.4) is 0 Å². The van der Waals surface area contributed by atoms with Crippen LogP contribution in [0.5, 0.6) is 0 Å². The summed E-state index contributed by atoms with van der Waals surface area (Å²) in [6.07, 6.45) is 0. The van der Waals surface area contributed by atoms with Crippen LogP contribution in [0.2, 0.25) is 0 Å². The van der Waals surface area contributed by atoms with Crippen LogP contribution in [0.1, 0.15) is 44.5 Å². The van der Waals surface area contributed by atoms with E-state index < -0.39 is 10.8 Å². The molecule has 74 heavy (non-hydrogen) atoms. The highest BCUT2D eigenvalue weighted by atomic mass is 15.2. The van der Waals surface area contributed by atoms with Crippen molar-refractivity contribution >= 4 is 44.9 Å². The van der Waals surface area contributed by atoms with Crippen LogP contribution in [0.4, 0.5) is 34.1 Å². The minimum absolute atomic E-state index is 0.501. The Morgan fingerprint density at radius 1 is 0.189 bits per heavy atom. The van der Waals surface area contributed by atoms with E-state index in [-0.39, 0.29) is 0 Å². The summed E-state index contributed by atoms with van der Waals surface area (Å²) >= 11 is 0. The van der Waals surface area contributed by atoms with Crippen LogP contribution in [0, 0.1) is 0 Å². The summed E-state index contributed by atoms with van der Waals surface area (Å²) in [7, 11) is 0. The van der Waals surface area contributed by atoms with Crippen molar-refractivity contribution in [1.29, 1.82) is 0 Å². The lowest BCUT2D eigenvalue weighted by atomic mass is 9.67. The summed E-state index contributed by atoms with van der Waals surface area (Å²) in [4.78, 5) is 4.90. The zero-order valence-corrected chi connectivity index (χ0v) is 40.6. The molecule has 0 atom stereocenters. The first-order valence-corrected chi connectivity index (χ1v) is 25.7. The second kappa shape index (κ2) is 16.5. The molecular weight excluding hydrogens is 893 g/mol. The fraction of sp³-hybridized carbons (Fsp3) is 0.0278. The molecule has 1 spiro atoms. The molecule has 346 valence electrons. The highest BCUT2D eigenvalue weighted by molar-refractivity contribution is 5.97. The van der Waals surface area contributed by atoms with Gasteiger partial charge in [0.15, 0.2) is 0 Å². The maximum atomic E-state index is 2.51. The van der Waals surface area contributed by atoms with Gasteiger partial charge in [-0.2, -0.15) is 0 Å². The number of para-hydroxylation sites is 1. The van der Waals surface area contributed by atoms with Crippen molar-refractivity contribution in [2.75, 3.05) is 9.80 Å². The normalized spacial score (nSPS) is 13.6. The molecule has 0 amide bonds. The molecule has 0 unspecified atom stereocenters. The predicted molar refractivity (Wildman–Crippen MR) is 307 cm³/mol. The van der Waals surface area contributed by atoms with Crippen molar-refractivity contribution in [3.8, 4) is 33.4 Å². The molecule has 0 radical (unpaired) electrons. The van der Waals surface area contributed by atoms with Crippen molar-refractivity contribution in [2.45, 2.75) is 10.8 Å². The summed E-state index contributed by atoms with van der Waals surface area (Å²) in [5, 5.41) is 2.42. The van der Waals surface area contributed by atoms with Gasteiger partial charge in [0.1, 0.15) is 0 Å². The molecule has 15 rings (SSSR count). The summed E-state index contributed by atoms with van der Waals surface area (Å²) in [5.74, 6) is 0. The van der Waals surface area contributed by atoms with E-state index in [0.717, 1.165) is 34.1 Å². The van der Waals surface area contributed by atoms with Crippen LogP contribution in [0.15, 0.2) is 291 Å². The Bertz CT molecular complexity index is 4060. The molecule has 0 aliphatic heterocycles. The van der Waals surface area contributed by atoms with E-state index in [1.807, 2.05) is 0 Å². The lowest BCUT2D eigenvalue weighted by Gasteiger charge is -2.35. The Balaban J connectivity index is 0.992. The van der Waals surface area contributed by atoms with Gasteiger partial charge in [-0.1, -0.05) is 224 Å². The van der Waals surface area contributed by atoms with E-state index in [1.54, 1.807) is 0 Å². The molecule has 0 heterocycles. The summed E-state index contributed by atoms with van der Waals surface area (Å²) < 4.78 is 0. The quantitative estimate of drug-likeness (QED) is 0.150. The third-order valence-electron chi connectivity index (χ3n) is 16.3. The number of fused-ring (bicyclic) bond motifs is 14. The van der Waals surface area contributed by atoms with Crippen molar-refractivity contribution in [3.63, 3.8) is 0 Å². The average molecular weight is 941 g/mol. The molecule has 0 saturated carbocycles. The van der Waals surface area contributed by atoms with Crippen LogP contribution in [0.25, 0.3) is 44.2 Å². The molecule has 0 aromatic heterocycles. The van der Waals surface area contributed by atoms with Gasteiger partial charge in [0, 0.05) is 34.1 Å². The minimum Gasteiger partial charge on any atom is -0.310 e. The van der Waals surface area contributed by atoms with E-state index in [2.05, 4.69) is 301 Å². The fourth-order valence-electron chi connectivity index (χ4n) is 13.4. The van der Waals surface area contributed by atoms with Gasteiger partial charge in [0.2, 0.25) is 0 Å². The highest BCUT2D eigenvalue weighted by Gasteiger charge is 2.52. The summed E-state index contributed by atoms with van der Waals surface area (Å²) in [5.41, 5.74) is 23.4. The van der Waals surface area contributed by atoms with Crippen molar-refractivity contribution in [1.82, 2.24) is 0 Å². The molecule has 12 aromatic carbocycles. The van der Waals surface area contributed by atoms with Crippen molar-refractivity contribution in [2.24, 2.45) is 0 Å². The van der Waals surface area contributed by atoms with E-state index in [9.17, 15) is 0 Å².